The number of ether oxygens (including phenoxy) is 1. The fraction of sp³-hybridized carbons (Fsp3) is 0.214. The van der Waals surface area contributed by atoms with Gasteiger partial charge in [0.05, 0.1) is 17.6 Å². The van der Waals surface area contributed by atoms with Crippen molar-refractivity contribution in [2.75, 3.05) is 12.4 Å². The third-order valence-corrected chi connectivity index (χ3v) is 3.44. The van der Waals surface area contributed by atoms with Gasteiger partial charge in [0.15, 0.2) is 5.69 Å². The molecule has 20 heavy (non-hydrogen) atoms. The molecule has 1 aromatic carbocycles. The van der Waals surface area contributed by atoms with E-state index in [-0.39, 0.29) is 6.04 Å². The van der Waals surface area contributed by atoms with E-state index >= 15 is 0 Å². The molecule has 1 aromatic heterocycles. The van der Waals surface area contributed by atoms with Gasteiger partial charge in [-0.15, -0.1) is 10.2 Å². The Morgan fingerprint density at radius 3 is 2.65 bits per heavy atom. The maximum Gasteiger partial charge on any atom is 0.163 e. The highest BCUT2D eigenvalue weighted by atomic mass is 79.9. The fourth-order valence-electron chi connectivity index (χ4n) is 1.73. The molecule has 1 N–H and O–H groups in total. The third-order valence-electron chi connectivity index (χ3n) is 2.82. The van der Waals surface area contributed by atoms with Crippen LogP contribution in [0.5, 0.6) is 5.75 Å². The molecular weight excluding hydrogens is 320 g/mol. The molecule has 0 radical (unpaired) electrons. The molecule has 0 aliphatic heterocycles. The molecule has 1 atom stereocenters. The van der Waals surface area contributed by atoms with E-state index in [0.717, 1.165) is 15.8 Å². The molecule has 2 aromatic rings. The summed E-state index contributed by atoms with van der Waals surface area (Å²) < 4.78 is 6.10. The number of hydrogen-bond acceptors (Lipinski definition) is 5. The van der Waals surface area contributed by atoms with Gasteiger partial charge in [-0.3, -0.25) is 0 Å². The van der Waals surface area contributed by atoms with Gasteiger partial charge in [0.1, 0.15) is 17.6 Å². The Labute approximate surface area is 125 Å². The summed E-state index contributed by atoms with van der Waals surface area (Å²) in [5.41, 5.74) is 1.39. The zero-order chi connectivity index (χ0) is 14.5. The molecule has 102 valence electrons. The van der Waals surface area contributed by atoms with Crippen molar-refractivity contribution in [1.82, 2.24) is 10.2 Å². The average Bonchev–Trinajstić information content (AvgIpc) is 2.48. The first-order valence-electron chi connectivity index (χ1n) is 5.98. The second kappa shape index (κ2) is 6.35. The van der Waals surface area contributed by atoms with Crippen LogP contribution in [0.4, 0.5) is 5.82 Å². The third kappa shape index (κ3) is 3.25. The molecule has 2 rings (SSSR count). The number of nitrogens with one attached hydrogen (secondary N) is 1. The van der Waals surface area contributed by atoms with Gasteiger partial charge in [-0.25, -0.2) is 0 Å². The summed E-state index contributed by atoms with van der Waals surface area (Å²) in [4.78, 5) is 0. The van der Waals surface area contributed by atoms with Gasteiger partial charge in [0.25, 0.3) is 0 Å². The van der Waals surface area contributed by atoms with Crippen LogP contribution < -0.4 is 10.1 Å². The molecule has 0 saturated carbocycles. The summed E-state index contributed by atoms with van der Waals surface area (Å²) in [5.74, 6) is 1.42. The minimum absolute atomic E-state index is 0.0550. The molecular formula is C14H13BrN4O. The maximum absolute atomic E-state index is 8.68. The minimum Gasteiger partial charge on any atom is -0.496 e. The monoisotopic (exact) mass is 332 g/mol. The number of nitrogens with zero attached hydrogens (tertiary/aromatic N) is 3. The van der Waals surface area contributed by atoms with Crippen LogP contribution in [0.15, 0.2) is 34.8 Å². The first-order chi connectivity index (χ1) is 9.63. The van der Waals surface area contributed by atoms with Crippen molar-refractivity contribution >= 4 is 21.7 Å². The number of nitriles is 1. The second-order valence-corrected chi connectivity index (χ2v) is 5.03. The van der Waals surface area contributed by atoms with Crippen molar-refractivity contribution in [2.45, 2.75) is 13.0 Å². The molecule has 0 bridgehead atoms. The van der Waals surface area contributed by atoms with Gasteiger partial charge in [0, 0.05) is 0 Å². The highest BCUT2D eigenvalue weighted by molar-refractivity contribution is 9.10. The Hall–Kier alpha value is -2.13. The zero-order valence-electron chi connectivity index (χ0n) is 11.1. The van der Waals surface area contributed by atoms with Gasteiger partial charge >= 0.3 is 0 Å². The lowest BCUT2D eigenvalue weighted by atomic mass is 10.1. The Balaban J connectivity index is 2.13. The van der Waals surface area contributed by atoms with Crippen LogP contribution in [0.1, 0.15) is 24.2 Å². The van der Waals surface area contributed by atoms with E-state index < -0.39 is 0 Å². The molecule has 0 spiro atoms. The fourth-order valence-corrected chi connectivity index (χ4v) is 2.28. The number of anilines is 1. The minimum atomic E-state index is 0.0550. The normalized spacial score (nSPS) is 11.5. The lowest BCUT2D eigenvalue weighted by Gasteiger charge is -2.15. The summed E-state index contributed by atoms with van der Waals surface area (Å²) in [7, 11) is 1.63. The molecule has 0 amide bonds. The van der Waals surface area contributed by atoms with Gasteiger partial charge in [0.2, 0.25) is 0 Å². The van der Waals surface area contributed by atoms with Crippen LogP contribution in [-0.2, 0) is 0 Å². The molecule has 1 unspecified atom stereocenters. The number of aromatic nitrogens is 2. The highest BCUT2D eigenvalue weighted by Crippen LogP contribution is 2.28. The number of halogens is 1. The van der Waals surface area contributed by atoms with Crippen molar-refractivity contribution in [1.29, 1.82) is 5.26 Å². The van der Waals surface area contributed by atoms with Crippen LogP contribution in [0.2, 0.25) is 0 Å². The number of methoxy groups -OCH3 is 1. The largest absolute Gasteiger partial charge is 0.496 e. The SMILES string of the molecule is COc1ccc(C(C)Nc2ccc(C#N)nn2)cc1Br. The topological polar surface area (TPSA) is 70.8 Å². The Kier molecular flexibility index (Phi) is 4.53. The predicted octanol–water partition coefficient (Wildman–Crippen LogP) is 3.29. The number of hydrogen-bond donors (Lipinski definition) is 1. The van der Waals surface area contributed by atoms with E-state index in [1.807, 2.05) is 31.2 Å². The van der Waals surface area contributed by atoms with Crippen LogP contribution >= 0.6 is 15.9 Å². The van der Waals surface area contributed by atoms with Crippen molar-refractivity contribution < 1.29 is 4.74 Å². The molecule has 0 saturated heterocycles. The maximum atomic E-state index is 8.68. The van der Waals surface area contributed by atoms with E-state index in [9.17, 15) is 0 Å². The number of benzene rings is 1. The summed E-state index contributed by atoms with van der Waals surface area (Å²) in [6.45, 7) is 2.02. The molecule has 1 heterocycles. The quantitative estimate of drug-likeness (QED) is 0.930. The van der Waals surface area contributed by atoms with E-state index in [1.165, 1.54) is 0 Å². The first-order valence-corrected chi connectivity index (χ1v) is 6.77. The zero-order valence-corrected chi connectivity index (χ0v) is 12.7. The summed E-state index contributed by atoms with van der Waals surface area (Å²) in [6.07, 6.45) is 0. The number of rotatable bonds is 4. The molecule has 6 heteroatoms. The summed E-state index contributed by atoms with van der Waals surface area (Å²) in [6, 6.07) is 11.2. The molecule has 0 aliphatic carbocycles. The highest BCUT2D eigenvalue weighted by Gasteiger charge is 2.09. The second-order valence-electron chi connectivity index (χ2n) is 4.18. The van der Waals surface area contributed by atoms with Crippen molar-refractivity contribution in [3.05, 3.63) is 46.1 Å². The average molecular weight is 333 g/mol. The Bertz CT molecular complexity index is 637. The predicted molar refractivity (Wildman–Crippen MR) is 79.5 cm³/mol. The van der Waals surface area contributed by atoms with Gasteiger partial charge < -0.3 is 10.1 Å². The Morgan fingerprint density at radius 2 is 2.10 bits per heavy atom. The molecule has 0 fully saturated rings. The van der Waals surface area contributed by atoms with Gasteiger partial charge in [-0.1, -0.05) is 6.07 Å². The summed E-state index contributed by atoms with van der Waals surface area (Å²) in [5, 5.41) is 19.6. The Morgan fingerprint density at radius 1 is 1.30 bits per heavy atom. The van der Waals surface area contributed by atoms with Crippen molar-refractivity contribution in [2.24, 2.45) is 0 Å². The smallest absolute Gasteiger partial charge is 0.163 e. The first kappa shape index (κ1) is 14.3. The lowest BCUT2D eigenvalue weighted by molar-refractivity contribution is 0.412. The lowest BCUT2D eigenvalue weighted by Crippen LogP contribution is -2.08. The summed E-state index contributed by atoms with van der Waals surface area (Å²) >= 11 is 3.46. The van der Waals surface area contributed by atoms with E-state index in [1.54, 1.807) is 19.2 Å². The van der Waals surface area contributed by atoms with E-state index in [4.69, 9.17) is 10.00 Å². The van der Waals surface area contributed by atoms with Gasteiger partial charge in [-0.2, -0.15) is 5.26 Å². The van der Waals surface area contributed by atoms with Crippen LogP contribution in [0.25, 0.3) is 0 Å². The van der Waals surface area contributed by atoms with Crippen LogP contribution in [0, 0.1) is 11.3 Å². The van der Waals surface area contributed by atoms with Gasteiger partial charge in [-0.05, 0) is 52.7 Å². The van der Waals surface area contributed by atoms with Crippen molar-refractivity contribution in [3.63, 3.8) is 0 Å². The molecule has 5 nitrogen and oxygen atoms in total. The van der Waals surface area contributed by atoms with Crippen molar-refractivity contribution in [3.8, 4) is 11.8 Å². The van der Waals surface area contributed by atoms with E-state index in [0.29, 0.717) is 11.5 Å². The van der Waals surface area contributed by atoms with Crippen LogP contribution in [-0.4, -0.2) is 17.3 Å². The molecule has 0 aliphatic rings. The van der Waals surface area contributed by atoms with E-state index in [2.05, 4.69) is 31.4 Å². The van der Waals surface area contributed by atoms with Crippen LogP contribution in [0.3, 0.4) is 0 Å². The standard InChI is InChI=1S/C14H13BrN4O/c1-9(10-3-5-13(20-2)12(15)7-10)17-14-6-4-11(8-16)18-19-14/h3-7,9H,1-2H3,(H,17,19).